The Hall–Kier alpha value is -2.37. The normalized spacial score (nSPS) is 12.3. The first kappa shape index (κ1) is 19.9. The fourth-order valence-electron chi connectivity index (χ4n) is 2.81. The zero-order valence-electron chi connectivity index (χ0n) is 15.0. The molecule has 1 aliphatic rings. The summed E-state index contributed by atoms with van der Waals surface area (Å²) in [7, 11) is 0. The number of hydrogen-bond acceptors (Lipinski definition) is 3. The van der Waals surface area contributed by atoms with Crippen LogP contribution in [0.25, 0.3) is 0 Å². The zero-order valence-corrected chi connectivity index (χ0v) is 15.8. The Balaban J connectivity index is 0.00000243. The molecule has 138 valence electrons. The Bertz CT molecular complexity index is 805. The molecule has 3 rings (SSSR count). The van der Waals surface area contributed by atoms with Crippen molar-refractivity contribution in [2.24, 2.45) is 5.92 Å². The van der Waals surface area contributed by atoms with Gasteiger partial charge in [0.25, 0.3) is 11.8 Å². The summed E-state index contributed by atoms with van der Waals surface area (Å²) in [6.45, 7) is 6.30. The topological polar surface area (TPSA) is 70.2 Å². The van der Waals surface area contributed by atoms with Gasteiger partial charge >= 0.3 is 0 Å². The van der Waals surface area contributed by atoms with E-state index in [9.17, 15) is 9.59 Å². The van der Waals surface area contributed by atoms with E-state index in [1.54, 1.807) is 24.3 Å². The van der Waals surface area contributed by atoms with Gasteiger partial charge in [0.1, 0.15) is 0 Å². The maximum atomic E-state index is 12.6. The van der Waals surface area contributed by atoms with Crippen molar-refractivity contribution >= 4 is 29.9 Å². The Morgan fingerprint density at radius 3 is 2.54 bits per heavy atom. The number of benzene rings is 2. The third kappa shape index (κ3) is 4.62. The van der Waals surface area contributed by atoms with Crippen LogP contribution in [0.2, 0.25) is 0 Å². The largest absolute Gasteiger partial charge is 0.352 e. The van der Waals surface area contributed by atoms with E-state index in [2.05, 4.69) is 16.0 Å². The minimum atomic E-state index is -0.209. The highest BCUT2D eigenvalue weighted by molar-refractivity contribution is 6.09. The van der Waals surface area contributed by atoms with E-state index >= 15 is 0 Å². The number of nitrogens with one attached hydrogen (secondary N) is 3. The molecule has 2 amide bonds. The lowest BCUT2D eigenvalue weighted by Gasteiger charge is -2.13. The zero-order chi connectivity index (χ0) is 17.8. The van der Waals surface area contributed by atoms with Crippen molar-refractivity contribution in [3.8, 4) is 0 Å². The van der Waals surface area contributed by atoms with E-state index in [0.29, 0.717) is 29.3 Å². The number of para-hydroxylation sites is 1. The highest BCUT2D eigenvalue weighted by Gasteiger charge is 2.16. The molecular weight excluding hydrogens is 350 g/mol. The SMILES string of the molecule is CC(C)CNC(=O)c1ccccc1NC(=O)c1ccc2c(c1)CNC2.Cl. The monoisotopic (exact) mass is 373 g/mol. The molecule has 26 heavy (non-hydrogen) atoms. The number of halogens is 1. The fourth-order valence-corrected chi connectivity index (χ4v) is 2.81. The van der Waals surface area contributed by atoms with Crippen LogP contribution >= 0.6 is 12.4 Å². The molecule has 0 spiro atoms. The lowest BCUT2D eigenvalue weighted by atomic mass is 10.1. The number of carbonyl (C=O) groups is 2. The van der Waals surface area contributed by atoms with Gasteiger partial charge in [-0.05, 0) is 41.3 Å². The molecular formula is C20H24ClN3O2. The van der Waals surface area contributed by atoms with Gasteiger partial charge in [0, 0.05) is 25.2 Å². The van der Waals surface area contributed by atoms with Crippen LogP contribution in [0.15, 0.2) is 42.5 Å². The second kappa shape index (κ2) is 8.83. The first-order chi connectivity index (χ1) is 12.0. The molecule has 3 N–H and O–H groups in total. The van der Waals surface area contributed by atoms with E-state index in [4.69, 9.17) is 0 Å². The van der Waals surface area contributed by atoms with E-state index < -0.39 is 0 Å². The third-order valence-corrected chi connectivity index (χ3v) is 4.19. The summed E-state index contributed by atoms with van der Waals surface area (Å²) in [4.78, 5) is 25.0. The van der Waals surface area contributed by atoms with Gasteiger partial charge in [-0.3, -0.25) is 9.59 Å². The summed E-state index contributed by atoms with van der Waals surface area (Å²) in [6.07, 6.45) is 0. The summed E-state index contributed by atoms with van der Waals surface area (Å²) in [5, 5.41) is 9.02. The summed E-state index contributed by atoms with van der Waals surface area (Å²) in [5.41, 5.74) is 3.96. The molecule has 1 aliphatic heterocycles. The van der Waals surface area contributed by atoms with Gasteiger partial charge in [-0.1, -0.05) is 32.0 Å². The number of rotatable bonds is 5. The molecule has 0 fully saturated rings. The third-order valence-electron chi connectivity index (χ3n) is 4.19. The van der Waals surface area contributed by atoms with Gasteiger partial charge < -0.3 is 16.0 Å². The highest BCUT2D eigenvalue weighted by atomic mass is 35.5. The average Bonchev–Trinajstić information content (AvgIpc) is 3.07. The molecule has 0 aromatic heterocycles. The van der Waals surface area contributed by atoms with E-state index in [1.807, 2.05) is 32.0 Å². The summed E-state index contributed by atoms with van der Waals surface area (Å²) >= 11 is 0. The molecule has 2 aromatic rings. The summed E-state index contributed by atoms with van der Waals surface area (Å²) in [5.74, 6) is -0.0210. The van der Waals surface area contributed by atoms with Crippen LogP contribution in [0, 0.1) is 5.92 Å². The Morgan fingerprint density at radius 2 is 1.77 bits per heavy atom. The van der Waals surface area contributed by atoms with E-state index in [0.717, 1.165) is 18.7 Å². The number of hydrogen-bond donors (Lipinski definition) is 3. The Kier molecular flexibility index (Phi) is 6.77. The summed E-state index contributed by atoms with van der Waals surface area (Å²) < 4.78 is 0. The maximum Gasteiger partial charge on any atom is 0.255 e. The molecule has 0 bridgehead atoms. The van der Waals surface area contributed by atoms with Crippen molar-refractivity contribution in [2.45, 2.75) is 26.9 Å². The number of carbonyl (C=O) groups excluding carboxylic acids is 2. The number of anilines is 1. The highest BCUT2D eigenvalue weighted by Crippen LogP contribution is 2.20. The summed E-state index contributed by atoms with van der Waals surface area (Å²) in [6, 6.07) is 12.8. The Labute approximate surface area is 160 Å². The predicted octanol–water partition coefficient (Wildman–Crippen LogP) is 3.35. The van der Waals surface area contributed by atoms with Gasteiger partial charge in [-0.25, -0.2) is 0 Å². The van der Waals surface area contributed by atoms with Crippen LogP contribution in [-0.2, 0) is 13.1 Å². The quantitative estimate of drug-likeness (QED) is 0.752. The van der Waals surface area contributed by atoms with Crippen LogP contribution in [0.1, 0.15) is 45.7 Å². The van der Waals surface area contributed by atoms with Gasteiger partial charge in [0.2, 0.25) is 0 Å². The van der Waals surface area contributed by atoms with Crippen LogP contribution in [0.5, 0.6) is 0 Å². The first-order valence-electron chi connectivity index (χ1n) is 8.55. The minimum absolute atomic E-state index is 0. The lowest BCUT2D eigenvalue weighted by molar-refractivity contribution is 0.0950. The van der Waals surface area contributed by atoms with Crippen LogP contribution < -0.4 is 16.0 Å². The minimum Gasteiger partial charge on any atom is -0.352 e. The van der Waals surface area contributed by atoms with Crippen molar-refractivity contribution in [1.29, 1.82) is 0 Å². The molecule has 0 unspecified atom stereocenters. The molecule has 0 aliphatic carbocycles. The molecule has 5 nitrogen and oxygen atoms in total. The van der Waals surface area contributed by atoms with Gasteiger partial charge in [-0.15, -0.1) is 12.4 Å². The molecule has 2 aromatic carbocycles. The standard InChI is InChI=1S/C20H23N3O2.ClH/c1-13(2)10-22-20(25)17-5-3-4-6-18(17)23-19(24)14-7-8-15-11-21-12-16(15)9-14;/h3-9,13,21H,10-12H2,1-2H3,(H,22,25)(H,23,24);1H. The fraction of sp³-hybridized carbons (Fsp3) is 0.300. The van der Waals surface area contributed by atoms with E-state index in [-0.39, 0.29) is 24.2 Å². The molecule has 0 saturated carbocycles. The molecule has 1 heterocycles. The molecule has 0 radical (unpaired) electrons. The lowest BCUT2D eigenvalue weighted by Crippen LogP contribution is -2.28. The van der Waals surface area contributed by atoms with Gasteiger partial charge in [0.15, 0.2) is 0 Å². The average molecular weight is 374 g/mol. The van der Waals surface area contributed by atoms with E-state index in [1.165, 1.54) is 5.56 Å². The van der Waals surface area contributed by atoms with Crippen molar-refractivity contribution in [3.63, 3.8) is 0 Å². The molecule has 6 heteroatoms. The number of fused-ring (bicyclic) bond motifs is 1. The molecule has 0 atom stereocenters. The van der Waals surface area contributed by atoms with Gasteiger partial charge in [0.05, 0.1) is 11.3 Å². The van der Waals surface area contributed by atoms with Crippen molar-refractivity contribution in [1.82, 2.24) is 10.6 Å². The van der Waals surface area contributed by atoms with Gasteiger partial charge in [-0.2, -0.15) is 0 Å². The van der Waals surface area contributed by atoms with Crippen LogP contribution in [0.3, 0.4) is 0 Å². The smallest absolute Gasteiger partial charge is 0.255 e. The second-order valence-corrected chi connectivity index (χ2v) is 6.69. The van der Waals surface area contributed by atoms with Crippen molar-refractivity contribution in [3.05, 3.63) is 64.7 Å². The predicted molar refractivity (Wildman–Crippen MR) is 106 cm³/mol. The van der Waals surface area contributed by atoms with Crippen molar-refractivity contribution < 1.29 is 9.59 Å². The Morgan fingerprint density at radius 1 is 1.04 bits per heavy atom. The number of amides is 2. The maximum absolute atomic E-state index is 12.6. The second-order valence-electron chi connectivity index (χ2n) is 6.69. The van der Waals surface area contributed by atoms with Crippen LogP contribution in [0.4, 0.5) is 5.69 Å². The van der Waals surface area contributed by atoms with Crippen molar-refractivity contribution in [2.75, 3.05) is 11.9 Å². The van der Waals surface area contributed by atoms with Crippen LogP contribution in [-0.4, -0.2) is 18.4 Å². The first-order valence-corrected chi connectivity index (χ1v) is 8.55. The molecule has 0 saturated heterocycles.